The topological polar surface area (TPSA) is 25.3 Å². The number of allylic oxidation sites excluding steroid dienone is 2. The van der Waals surface area contributed by atoms with Crippen LogP contribution in [0.5, 0.6) is 0 Å². The average Bonchev–Trinajstić information content (AvgIpc) is 3.54. The van der Waals surface area contributed by atoms with E-state index in [2.05, 4.69) is 78.8 Å². The van der Waals surface area contributed by atoms with Gasteiger partial charge in [0.15, 0.2) is 0 Å². The van der Waals surface area contributed by atoms with E-state index in [-0.39, 0.29) is 0 Å². The third-order valence-electron chi connectivity index (χ3n) is 12.6. The van der Waals surface area contributed by atoms with E-state index in [1.54, 1.807) is 38.1 Å². The molecular formula is C54H88N2. The van der Waals surface area contributed by atoms with Crippen LogP contribution in [0.2, 0.25) is 0 Å². The zero-order valence-electron chi connectivity index (χ0n) is 38.2. The molecule has 0 fully saturated rings. The van der Waals surface area contributed by atoms with Gasteiger partial charge in [0, 0.05) is 22.8 Å². The number of rotatable bonds is 33. The molecule has 0 saturated carbocycles. The van der Waals surface area contributed by atoms with Gasteiger partial charge in [-0.3, -0.25) is 0 Å². The molecule has 0 spiro atoms. The molecule has 2 heteroatoms. The first kappa shape index (κ1) is 47.9. The van der Waals surface area contributed by atoms with E-state index in [0.29, 0.717) is 0 Å². The highest BCUT2D eigenvalue weighted by molar-refractivity contribution is 5.79. The van der Waals surface area contributed by atoms with E-state index >= 15 is 0 Å². The standard InChI is InChI=1S/C54H88N2/c1-8-15-22-25-27-30-37-51-44(32-18-11-4)39-49(40-45(51)33-19-12-5)53-43-48(36-29-24-17-10-3)54(56(53)55)50-41-46(34-20-13-6)52(47(42-50)35-21-14-7)38-31-28-26-23-16-9-2/h39-43H,8-38H2,1-7H3. The second kappa shape index (κ2) is 28.8. The lowest BCUT2D eigenvalue weighted by Crippen LogP contribution is -2.09. The Morgan fingerprint density at radius 1 is 0.357 bits per heavy atom. The van der Waals surface area contributed by atoms with Crippen LogP contribution in [-0.2, 0) is 38.5 Å². The molecule has 0 aliphatic carbocycles. The predicted molar refractivity (Wildman–Crippen MR) is 249 cm³/mol. The monoisotopic (exact) mass is 765 g/mol. The Balaban J connectivity index is 2.11. The van der Waals surface area contributed by atoms with Gasteiger partial charge in [0.2, 0.25) is 11.4 Å². The van der Waals surface area contributed by atoms with Gasteiger partial charge in [0.1, 0.15) is 0 Å². The molecule has 0 bridgehead atoms. The Morgan fingerprint density at radius 3 is 1.07 bits per heavy atom. The minimum absolute atomic E-state index is 0.994. The van der Waals surface area contributed by atoms with Crippen LogP contribution < -0.4 is 0 Å². The van der Waals surface area contributed by atoms with Crippen molar-refractivity contribution in [2.24, 2.45) is 0 Å². The van der Waals surface area contributed by atoms with Crippen LogP contribution in [0.25, 0.3) is 16.9 Å². The molecule has 0 atom stereocenters. The average molecular weight is 765 g/mol. The molecule has 314 valence electrons. The molecule has 0 amide bonds. The second-order valence-electron chi connectivity index (χ2n) is 17.5. The first-order valence-electron chi connectivity index (χ1n) is 24.7. The molecule has 56 heavy (non-hydrogen) atoms. The van der Waals surface area contributed by atoms with Crippen molar-refractivity contribution >= 4 is 11.4 Å². The van der Waals surface area contributed by atoms with Crippen molar-refractivity contribution in [2.75, 3.05) is 0 Å². The van der Waals surface area contributed by atoms with Gasteiger partial charge in [-0.05, 0) is 148 Å². The maximum Gasteiger partial charge on any atom is 0.210 e. The highest BCUT2D eigenvalue weighted by Crippen LogP contribution is 2.40. The maximum atomic E-state index is 12.5. The van der Waals surface area contributed by atoms with Crippen molar-refractivity contribution in [2.45, 2.75) is 248 Å². The van der Waals surface area contributed by atoms with Crippen LogP contribution in [0, 0.1) is 0 Å². The van der Waals surface area contributed by atoms with Crippen molar-refractivity contribution in [1.29, 1.82) is 0 Å². The molecule has 2 aromatic carbocycles. The summed E-state index contributed by atoms with van der Waals surface area (Å²) < 4.78 is 1.64. The summed E-state index contributed by atoms with van der Waals surface area (Å²) in [5.41, 5.74) is 27.8. The lowest BCUT2D eigenvalue weighted by atomic mass is 9.87. The zero-order chi connectivity index (χ0) is 40.4. The lowest BCUT2D eigenvalue weighted by molar-refractivity contribution is -0.344. The lowest BCUT2D eigenvalue weighted by Gasteiger charge is -2.20. The Morgan fingerprint density at radius 2 is 0.679 bits per heavy atom. The number of aryl methyl sites for hydroxylation is 4. The third kappa shape index (κ3) is 15.7. The summed E-state index contributed by atoms with van der Waals surface area (Å²) in [6.07, 6.45) is 41.1. The maximum absolute atomic E-state index is 12.5. The number of benzene rings is 2. The minimum atomic E-state index is 0.994. The zero-order valence-corrected chi connectivity index (χ0v) is 38.2. The van der Waals surface area contributed by atoms with Gasteiger partial charge in [-0.2, -0.15) is 0 Å². The van der Waals surface area contributed by atoms with E-state index in [1.807, 2.05) is 0 Å². The number of hydrogen-bond acceptors (Lipinski definition) is 0. The van der Waals surface area contributed by atoms with E-state index in [0.717, 1.165) is 43.5 Å². The number of hydrogen-bond donors (Lipinski definition) is 0. The second-order valence-corrected chi connectivity index (χ2v) is 17.5. The molecule has 2 nitrogen and oxygen atoms in total. The Bertz CT molecular complexity index is 1410. The molecule has 0 radical (unpaired) electrons. The van der Waals surface area contributed by atoms with Crippen LogP contribution in [0.4, 0.5) is 0 Å². The van der Waals surface area contributed by atoms with Gasteiger partial charge in [-0.1, -0.05) is 158 Å². The van der Waals surface area contributed by atoms with Crippen LogP contribution in [0.15, 0.2) is 35.9 Å². The summed E-state index contributed by atoms with van der Waals surface area (Å²) in [6, 6.07) is 10.0. The van der Waals surface area contributed by atoms with Gasteiger partial charge >= 0.3 is 0 Å². The molecule has 0 unspecified atom stereocenters. The fraction of sp³-hybridized carbons (Fsp3) is 0.704. The van der Waals surface area contributed by atoms with E-state index in [1.165, 1.54) is 184 Å². The molecule has 1 aliphatic heterocycles. The normalized spacial score (nSPS) is 13.1. The van der Waals surface area contributed by atoms with Crippen LogP contribution in [0.1, 0.15) is 253 Å². The third-order valence-corrected chi connectivity index (χ3v) is 12.6. The molecule has 1 aliphatic rings. The van der Waals surface area contributed by atoms with Crippen molar-refractivity contribution < 1.29 is 4.70 Å². The van der Waals surface area contributed by atoms with Crippen molar-refractivity contribution in [3.63, 3.8) is 0 Å². The van der Waals surface area contributed by atoms with Crippen LogP contribution in [-0.4, -0.2) is 4.70 Å². The molecule has 1 heterocycles. The van der Waals surface area contributed by atoms with Crippen LogP contribution >= 0.6 is 0 Å². The first-order chi connectivity index (χ1) is 27.5. The van der Waals surface area contributed by atoms with Gasteiger partial charge in [0.05, 0.1) is 0 Å². The first-order valence-corrected chi connectivity index (χ1v) is 24.7. The summed E-state index contributed by atoms with van der Waals surface area (Å²) in [5, 5.41) is 0. The smallest absolute Gasteiger partial charge is 0.210 e. The molecule has 2 aromatic rings. The van der Waals surface area contributed by atoms with Crippen molar-refractivity contribution in [3.05, 3.63) is 86.0 Å². The Hall–Kier alpha value is -2.48. The van der Waals surface area contributed by atoms with E-state index in [4.69, 9.17) is 0 Å². The summed E-state index contributed by atoms with van der Waals surface area (Å²) in [5.74, 6) is 0. The summed E-state index contributed by atoms with van der Waals surface area (Å²) in [7, 11) is 0. The molecular weight excluding hydrogens is 677 g/mol. The molecule has 3 rings (SSSR count). The quantitative estimate of drug-likeness (QED) is 0.0511. The highest BCUT2D eigenvalue weighted by atomic mass is 15.2. The number of unbranched alkanes of at least 4 members (excludes halogenated alkanes) is 17. The molecule has 0 aromatic heterocycles. The summed E-state index contributed by atoms with van der Waals surface area (Å²) >= 11 is 0. The fourth-order valence-electron chi connectivity index (χ4n) is 9.04. The van der Waals surface area contributed by atoms with Gasteiger partial charge in [0.25, 0.3) is 0 Å². The SMILES string of the molecule is CCCCCCCCc1c(CCCC)cc(C2=CC(CCCCCC)=C(c3cc(CCCC)c(CCCCCCCC)c(CCCC)c3)[N+]2=[N-])cc1CCCC. The Kier molecular flexibility index (Phi) is 24.7. The summed E-state index contributed by atoms with van der Waals surface area (Å²) in [6.45, 7) is 16.2. The van der Waals surface area contributed by atoms with Crippen molar-refractivity contribution in [3.8, 4) is 0 Å². The molecule has 0 N–H and O–H groups in total. The largest absolute Gasteiger partial charge is 0.493 e. The van der Waals surface area contributed by atoms with Crippen LogP contribution in [0.3, 0.4) is 0 Å². The van der Waals surface area contributed by atoms with Gasteiger partial charge in [-0.15, -0.1) is 0 Å². The van der Waals surface area contributed by atoms with Crippen molar-refractivity contribution in [1.82, 2.24) is 0 Å². The summed E-state index contributed by atoms with van der Waals surface area (Å²) in [4.78, 5) is 0. The van der Waals surface area contributed by atoms with Gasteiger partial charge in [-0.25, -0.2) is 4.70 Å². The highest BCUT2D eigenvalue weighted by Gasteiger charge is 2.31. The predicted octanol–water partition coefficient (Wildman–Crippen LogP) is 17.6. The van der Waals surface area contributed by atoms with E-state index < -0.39 is 0 Å². The van der Waals surface area contributed by atoms with E-state index in [9.17, 15) is 5.53 Å². The minimum Gasteiger partial charge on any atom is -0.493 e. The fourth-order valence-corrected chi connectivity index (χ4v) is 9.04. The number of nitrogens with zero attached hydrogens (tertiary/aromatic N) is 2. The molecule has 0 saturated heterocycles. The Labute approximate surface area is 348 Å². The van der Waals surface area contributed by atoms with Gasteiger partial charge < -0.3 is 5.53 Å².